The number of nitrogen functional groups attached to an aromatic ring is 1. The van der Waals surface area contributed by atoms with E-state index in [4.69, 9.17) is 36.3 Å². The van der Waals surface area contributed by atoms with Gasteiger partial charge < -0.3 is 29.8 Å². The topological polar surface area (TPSA) is 95.5 Å². The van der Waals surface area contributed by atoms with Crippen LogP contribution in [-0.4, -0.2) is 42.8 Å². The fraction of sp³-hybridized carbons (Fsp3) is 0.381. The number of rotatable bonds is 5. The Labute approximate surface area is 174 Å². The first-order valence-corrected chi connectivity index (χ1v) is 9.75. The van der Waals surface area contributed by atoms with Crippen LogP contribution in [0.1, 0.15) is 20.3 Å². The molecule has 2 aliphatic heterocycles. The lowest BCUT2D eigenvalue weighted by Gasteiger charge is -2.34. The summed E-state index contributed by atoms with van der Waals surface area (Å²) in [7, 11) is 0. The van der Waals surface area contributed by atoms with E-state index in [2.05, 4.69) is 4.99 Å². The van der Waals surface area contributed by atoms with Crippen LogP contribution in [0.25, 0.3) is 0 Å². The number of anilines is 1. The number of benzene rings is 1. The van der Waals surface area contributed by atoms with Gasteiger partial charge in [-0.25, -0.2) is 0 Å². The molecule has 0 radical (unpaired) electrons. The first kappa shape index (κ1) is 19.7. The lowest BCUT2D eigenvalue weighted by atomic mass is 9.91. The Bertz CT molecular complexity index is 943. The van der Waals surface area contributed by atoms with E-state index in [1.165, 1.54) is 0 Å². The molecule has 4 rings (SSSR count). The van der Waals surface area contributed by atoms with Gasteiger partial charge in [-0.3, -0.25) is 4.99 Å². The highest BCUT2D eigenvalue weighted by atomic mass is 35.5. The fourth-order valence-electron chi connectivity index (χ4n) is 3.23. The molecule has 1 atom stereocenters. The van der Waals surface area contributed by atoms with Crippen molar-refractivity contribution < 1.29 is 24.1 Å². The average molecular weight is 419 g/mol. The van der Waals surface area contributed by atoms with Gasteiger partial charge in [0, 0.05) is 18.7 Å². The maximum Gasteiger partial charge on any atom is 0.199 e. The summed E-state index contributed by atoms with van der Waals surface area (Å²) in [4.78, 5) is 4.56. The maximum atomic E-state index is 10.0. The molecule has 3 aliphatic rings. The molecule has 0 aromatic heterocycles. The molecule has 3 N–H and O–H groups in total. The number of dihydropyridines is 1. The maximum absolute atomic E-state index is 10.0. The SMILES string of the molecule is CC(C)(O)COC1=C2OCCOC2=C2C(Oc3ccc(N)c(Cl)c3)=CC=NC2C1. The summed E-state index contributed by atoms with van der Waals surface area (Å²) in [5, 5.41) is 10.4. The molecular weight excluding hydrogens is 396 g/mol. The second-order valence-electron chi connectivity index (χ2n) is 7.63. The number of halogens is 1. The normalized spacial score (nSPS) is 21.0. The number of nitrogens with two attached hydrogens (primary N) is 1. The van der Waals surface area contributed by atoms with Crippen molar-refractivity contribution in [1.82, 2.24) is 0 Å². The summed E-state index contributed by atoms with van der Waals surface area (Å²) in [5.41, 5.74) is 6.10. The third kappa shape index (κ3) is 4.21. The van der Waals surface area contributed by atoms with Crippen LogP contribution in [-0.2, 0) is 14.2 Å². The number of nitrogens with zero attached hydrogens (tertiary/aromatic N) is 1. The van der Waals surface area contributed by atoms with Crippen molar-refractivity contribution >= 4 is 23.5 Å². The molecule has 1 unspecified atom stereocenters. The Morgan fingerprint density at radius 2 is 2.03 bits per heavy atom. The van der Waals surface area contributed by atoms with E-state index >= 15 is 0 Å². The number of fused-ring (bicyclic) bond motifs is 2. The summed E-state index contributed by atoms with van der Waals surface area (Å²) in [6, 6.07) is 4.87. The van der Waals surface area contributed by atoms with Crippen molar-refractivity contribution in [2.45, 2.75) is 31.9 Å². The van der Waals surface area contributed by atoms with E-state index in [1.807, 2.05) is 0 Å². The number of allylic oxidation sites excluding steroid dienone is 1. The van der Waals surface area contributed by atoms with Gasteiger partial charge in [0.2, 0.25) is 0 Å². The standard InChI is InChI=1S/C21H23ClN2O5/c1-21(2,25)11-28-17-10-15-18(20-19(17)26-7-8-27-20)16(5-6-24-15)29-12-3-4-14(23)13(22)9-12/h3-6,9,15,25H,7-8,10-11,23H2,1-2H3. The van der Waals surface area contributed by atoms with E-state index in [9.17, 15) is 5.11 Å². The predicted molar refractivity (Wildman–Crippen MR) is 110 cm³/mol. The van der Waals surface area contributed by atoms with Crippen molar-refractivity contribution in [1.29, 1.82) is 0 Å². The minimum atomic E-state index is -0.967. The van der Waals surface area contributed by atoms with Crippen LogP contribution < -0.4 is 10.5 Å². The second-order valence-corrected chi connectivity index (χ2v) is 8.03. The number of ether oxygens (including phenoxy) is 4. The summed E-state index contributed by atoms with van der Waals surface area (Å²) < 4.78 is 23.8. The minimum absolute atomic E-state index is 0.136. The zero-order valence-electron chi connectivity index (χ0n) is 16.3. The van der Waals surface area contributed by atoms with E-state index in [1.54, 1.807) is 44.3 Å². The fourth-order valence-corrected chi connectivity index (χ4v) is 3.40. The van der Waals surface area contributed by atoms with Gasteiger partial charge in [0.25, 0.3) is 0 Å². The average Bonchev–Trinajstić information content (AvgIpc) is 2.68. The molecule has 0 spiro atoms. The van der Waals surface area contributed by atoms with Crippen molar-refractivity contribution in [3.05, 3.63) is 57.9 Å². The van der Waals surface area contributed by atoms with Crippen LogP contribution in [0.3, 0.4) is 0 Å². The summed E-state index contributed by atoms with van der Waals surface area (Å²) in [6.07, 6.45) is 3.96. The molecule has 1 aromatic rings. The number of hydrogen-bond acceptors (Lipinski definition) is 7. The van der Waals surface area contributed by atoms with Crippen LogP contribution in [0.15, 0.2) is 57.9 Å². The van der Waals surface area contributed by atoms with Crippen LogP contribution in [0.5, 0.6) is 5.75 Å². The lowest BCUT2D eigenvalue weighted by molar-refractivity contribution is -0.0129. The first-order valence-electron chi connectivity index (χ1n) is 9.37. The van der Waals surface area contributed by atoms with Crippen LogP contribution >= 0.6 is 11.6 Å². The highest BCUT2D eigenvalue weighted by Gasteiger charge is 2.38. The quantitative estimate of drug-likeness (QED) is 0.712. The van der Waals surface area contributed by atoms with E-state index in [0.717, 1.165) is 5.57 Å². The molecule has 7 nitrogen and oxygen atoms in total. The predicted octanol–water partition coefficient (Wildman–Crippen LogP) is 3.34. The zero-order valence-corrected chi connectivity index (χ0v) is 17.0. The monoisotopic (exact) mass is 418 g/mol. The Hall–Kier alpha value is -2.64. The molecule has 0 bridgehead atoms. The van der Waals surface area contributed by atoms with Gasteiger partial charge in [0.05, 0.1) is 27.9 Å². The van der Waals surface area contributed by atoms with Gasteiger partial charge in [0.1, 0.15) is 37.1 Å². The Balaban J connectivity index is 1.68. The molecular formula is C21H23ClN2O5. The highest BCUT2D eigenvalue weighted by molar-refractivity contribution is 6.33. The first-order chi connectivity index (χ1) is 13.8. The molecule has 0 amide bonds. The Morgan fingerprint density at radius 1 is 1.28 bits per heavy atom. The molecule has 154 valence electrons. The lowest BCUT2D eigenvalue weighted by Crippen LogP contribution is -2.32. The highest BCUT2D eigenvalue weighted by Crippen LogP contribution is 2.41. The summed E-state index contributed by atoms with van der Waals surface area (Å²) in [6.45, 7) is 4.35. The van der Waals surface area contributed by atoms with Gasteiger partial charge in [-0.2, -0.15) is 0 Å². The van der Waals surface area contributed by atoms with Crippen LogP contribution in [0, 0.1) is 0 Å². The summed E-state index contributed by atoms with van der Waals surface area (Å²) >= 11 is 6.12. The van der Waals surface area contributed by atoms with Gasteiger partial charge in [-0.05, 0) is 32.1 Å². The van der Waals surface area contributed by atoms with Gasteiger partial charge in [-0.15, -0.1) is 0 Å². The Kier molecular flexibility index (Phi) is 5.19. The Morgan fingerprint density at radius 3 is 2.76 bits per heavy atom. The van der Waals surface area contributed by atoms with E-state index < -0.39 is 5.60 Å². The molecule has 0 saturated carbocycles. The van der Waals surface area contributed by atoms with Crippen LogP contribution in [0.4, 0.5) is 5.69 Å². The largest absolute Gasteiger partial charge is 0.491 e. The third-order valence-electron chi connectivity index (χ3n) is 4.55. The van der Waals surface area contributed by atoms with E-state index in [0.29, 0.717) is 59.1 Å². The molecule has 1 aliphatic carbocycles. The summed E-state index contributed by atoms with van der Waals surface area (Å²) in [5.74, 6) is 2.87. The van der Waals surface area contributed by atoms with Crippen molar-refractivity contribution in [3.63, 3.8) is 0 Å². The second kappa shape index (κ2) is 7.65. The van der Waals surface area contributed by atoms with Gasteiger partial charge >= 0.3 is 0 Å². The minimum Gasteiger partial charge on any atom is -0.491 e. The molecule has 29 heavy (non-hydrogen) atoms. The molecule has 1 saturated heterocycles. The van der Waals surface area contributed by atoms with Crippen LogP contribution in [0.2, 0.25) is 5.02 Å². The molecule has 1 fully saturated rings. The third-order valence-corrected chi connectivity index (χ3v) is 4.88. The smallest absolute Gasteiger partial charge is 0.199 e. The molecule has 8 heteroatoms. The van der Waals surface area contributed by atoms with Gasteiger partial charge in [-0.1, -0.05) is 11.6 Å². The zero-order chi connectivity index (χ0) is 20.6. The van der Waals surface area contributed by atoms with Gasteiger partial charge in [0.15, 0.2) is 11.5 Å². The number of aliphatic imine (C=N–C) groups is 1. The molecule has 1 aromatic carbocycles. The number of aliphatic hydroxyl groups is 1. The van der Waals surface area contributed by atoms with E-state index in [-0.39, 0.29) is 12.6 Å². The van der Waals surface area contributed by atoms with Crippen molar-refractivity contribution in [3.8, 4) is 5.75 Å². The molecule has 2 heterocycles. The van der Waals surface area contributed by atoms with Crippen molar-refractivity contribution in [2.75, 3.05) is 25.6 Å². The van der Waals surface area contributed by atoms with Crippen molar-refractivity contribution in [2.24, 2.45) is 4.99 Å². The number of hydrogen-bond donors (Lipinski definition) is 2.